The fraction of sp³-hybridized carbons (Fsp3) is 0. The van der Waals surface area contributed by atoms with Crippen molar-refractivity contribution in [3.05, 3.63) is 543 Å². The number of para-hydroxylation sites is 8. The maximum absolute atomic E-state index is 14.0. The van der Waals surface area contributed by atoms with E-state index in [9.17, 15) is 19.2 Å². The lowest BCUT2D eigenvalue weighted by Gasteiger charge is -2.11. The lowest BCUT2D eigenvalue weighted by Crippen LogP contribution is -2.11. The third kappa shape index (κ3) is 14.6. The first kappa shape index (κ1) is 82.8. The minimum Gasteiger partial charge on any atom is -0.316 e. The van der Waals surface area contributed by atoms with Crippen molar-refractivity contribution < 1.29 is 19.2 Å². The van der Waals surface area contributed by atoms with E-state index >= 15 is 0 Å². The molecule has 0 fully saturated rings. The Morgan fingerprint density at radius 2 is 0.421 bits per heavy atom. The van der Waals surface area contributed by atoms with Crippen molar-refractivity contribution in [3.8, 4) is 34.1 Å². The summed E-state index contributed by atoms with van der Waals surface area (Å²) in [6.45, 7) is 0. The van der Waals surface area contributed by atoms with Crippen molar-refractivity contribution in [1.82, 2.24) is 36.5 Å². The van der Waals surface area contributed by atoms with E-state index < -0.39 is 0 Å². The topological polar surface area (TPSA) is 108 Å². The van der Waals surface area contributed by atoms with Crippen LogP contribution in [0, 0.1) is 0 Å². The summed E-state index contributed by atoms with van der Waals surface area (Å²) in [5.74, 6) is 0.0218. The predicted octanol–water partition coefficient (Wildman–Crippen LogP) is 31.1. The van der Waals surface area contributed by atoms with Crippen LogP contribution in [0.5, 0.6) is 0 Å². The fourth-order valence-electron chi connectivity index (χ4n) is 20.6. The number of hydrogen-bond acceptors (Lipinski definition) is 4. The molecule has 0 atom stereocenters. The lowest BCUT2D eigenvalue weighted by molar-refractivity contribution is 0.0961. The van der Waals surface area contributed by atoms with E-state index in [1.165, 1.54) is 32.3 Å². The molecular weight excluding hydrogens is 1710 g/mol. The van der Waals surface area contributed by atoms with Crippen LogP contribution in [0.2, 0.25) is 0 Å². The van der Waals surface area contributed by atoms with Gasteiger partial charge in [-0.05, 0) is 234 Å². The van der Waals surface area contributed by atoms with Crippen LogP contribution < -0.4 is 0 Å². The van der Waals surface area contributed by atoms with Gasteiger partial charge in [-0.3, -0.25) is 28.3 Å². The SMILES string of the molecule is O=C(c1ccc(-n2c3ccccc3c3cc4ccn(-c5ccccc5)c4cc32)cc1)c1ccc2ccccc2c1.O=C(c1ccc2ccccc2c1)n1c2ccccc2c2cc3ccn(-c4ccccc4)c3cc21.O=C(c1ccccc1)c1cccc(-n2c3ccccc3c3cc4ccn(-c5ccccc5)c4cc32)c1.O=C(c1ccccc1)n1c2ccccc2c2cc3ccn(-c4ccccc4)c3cc21. The second-order valence-electron chi connectivity index (χ2n) is 35.4. The van der Waals surface area contributed by atoms with Crippen LogP contribution in [-0.4, -0.2) is 59.9 Å². The van der Waals surface area contributed by atoms with Crippen molar-refractivity contribution in [1.29, 1.82) is 0 Å². The molecule has 28 aromatic rings. The van der Waals surface area contributed by atoms with Crippen LogP contribution in [0.4, 0.5) is 0 Å². The summed E-state index contributed by atoms with van der Waals surface area (Å²) in [5.41, 5.74) is 23.3. The van der Waals surface area contributed by atoms with Crippen LogP contribution in [0.25, 0.3) is 187 Å². The Kier molecular flexibility index (Phi) is 20.6. The van der Waals surface area contributed by atoms with Gasteiger partial charge in [0, 0.05) is 157 Å². The lowest BCUT2D eigenvalue weighted by atomic mass is 10.00. The van der Waals surface area contributed by atoms with Crippen molar-refractivity contribution in [2.24, 2.45) is 0 Å². The van der Waals surface area contributed by atoms with Gasteiger partial charge < -0.3 is 27.4 Å². The first-order valence-electron chi connectivity index (χ1n) is 47.0. The van der Waals surface area contributed by atoms with Crippen LogP contribution in [0.15, 0.2) is 510 Å². The maximum Gasteiger partial charge on any atom is 0.262 e. The number of carbonyl (C=O) groups excluding carboxylic acids is 4. The van der Waals surface area contributed by atoms with Crippen LogP contribution in [0.1, 0.15) is 52.6 Å². The van der Waals surface area contributed by atoms with Gasteiger partial charge in [0.05, 0.1) is 66.2 Å². The Labute approximate surface area is 803 Å². The monoisotopic (exact) mass is 1800 g/mol. The third-order valence-electron chi connectivity index (χ3n) is 27.3. The van der Waals surface area contributed by atoms with Gasteiger partial charge in [-0.15, -0.1) is 0 Å². The summed E-state index contributed by atoms with van der Waals surface area (Å²) >= 11 is 0. The summed E-state index contributed by atoms with van der Waals surface area (Å²) in [6, 6.07) is 164. The van der Waals surface area contributed by atoms with E-state index in [2.05, 4.69) is 289 Å². The fourth-order valence-corrected chi connectivity index (χ4v) is 20.6. The normalized spacial score (nSPS) is 11.5. The van der Waals surface area contributed by atoms with Crippen LogP contribution in [0.3, 0.4) is 0 Å². The minimum atomic E-state index is -0.0193. The molecule has 12 heteroatoms. The molecule has 0 aliphatic heterocycles. The second-order valence-corrected chi connectivity index (χ2v) is 35.4. The Hall–Kier alpha value is -19.0. The van der Waals surface area contributed by atoms with Crippen molar-refractivity contribution in [3.63, 3.8) is 0 Å². The molecule has 12 nitrogen and oxygen atoms in total. The van der Waals surface area contributed by atoms with Crippen LogP contribution in [-0.2, 0) is 0 Å². The molecule has 0 aliphatic rings. The number of nitrogens with zero attached hydrogens (tertiary/aromatic N) is 8. The zero-order valence-corrected chi connectivity index (χ0v) is 75.7. The average Bonchev–Trinajstić information content (AvgIpc) is 1.59. The van der Waals surface area contributed by atoms with Gasteiger partial charge in [-0.25, -0.2) is 0 Å². The molecule has 0 amide bonds. The Balaban J connectivity index is 0.0000000990. The molecule has 660 valence electrons. The predicted molar refractivity (Wildman–Crippen MR) is 575 cm³/mol. The van der Waals surface area contributed by atoms with E-state index in [4.69, 9.17) is 0 Å². The highest BCUT2D eigenvalue weighted by molar-refractivity contribution is 6.22. The molecule has 0 saturated heterocycles. The molecule has 20 aromatic carbocycles. The van der Waals surface area contributed by atoms with Crippen molar-refractivity contribution in [2.45, 2.75) is 0 Å². The zero-order chi connectivity index (χ0) is 93.4. The number of aromatic nitrogens is 8. The minimum absolute atomic E-state index is 0.0148. The molecular formula is C128H84N8O4. The number of fused-ring (bicyclic) bond motifs is 18. The molecule has 0 spiro atoms. The number of hydrogen-bond donors (Lipinski definition) is 0. The first-order chi connectivity index (χ1) is 69.1. The summed E-state index contributed by atoms with van der Waals surface area (Å²) in [7, 11) is 0. The van der Waals surface area contributed by atoms with Gasteiger partial charge in [0.25, 0.3) is 11.8 Å². The van der Waals surface area contributed by atoms with E-state index in [-0.39, 0.29) is 23.4 Å². The highest BCUT2D eigenvalue weighted by Gasteiger charge is 2.25. The maximum atomic E-state index is 14.0. The third-order valence-corrected chi connectivity index (χ3v) is 27.3. The molecule has 8 aromatic heterocycles. The standard InChI is InChI=1S/C37H24N2O.C33H22N2O.C31H20N2O.C27H18N2O/c40-37(29-15-14-25-8-4-5-9-27(25)22-29)26-16-18-31(19-17-26)39-34-13-7-6-12-32(34)33-23-28-20-21-38(35(28)24-36(33)39)30-10-2-1-3-11-30;36-33(23-10-3-1-4-11-23)25-12-9-15-27(20-25)35-30-17-8-7-16-28(30)29-21-24-18-19-34(31(24)22-32(29)35)26-13-5-2-6-14-26;34-31(24-15-14-21-8-4-5-9-22(21)18-24)33-28-13-7-6-12-26(28)27-19-23-16-17-32(29(23)20-30(27)33)25-10-2-1-3-11-25;30-27(19-9-3-1-4-10-19)29-24-14-8-7-13-22(24)23-17-20-15-16-28(25(20)18-26(23)29)21-11-5-2-6-12-21/h1-24H;1-22H;1-20H;1-18H. The van der Waals surface area contributed by atoms with Gasteiger partial charge in [0.15, 0.2) is 11.6 Å². The molecule has 8 heterocycles. The number of benzene rings is 20. The van der Waals surface area contributed by atoms with E-state index in [1.807, 2.05) is 258 Å². The van der Waals surface area contributed by atoms with Gasteiger partial charge in [-0.1, -0.05) is 273 Å². The molecule has 0 radical (unpaired) electrons. The highest BCUT2D eigenvalue weighted by atomic mass is 16.2. The van der Waals surface area contributed by atoms with E-state index in [0.29, 0.717) is 33.4 Å². The Morgan fingerprint density at radius 1 is 0.143 bits per heavy atom. The first-order valence-corrected chi connectivity index (χ1v) is 47.0. The largest absolute Gasteiger partial charge is 0.316 e. The van der Waals surface area contributed by atoms with Gasteiger partial charge in [0.2, 0.25) is 0 Å². The van der Waals surface area contributed by atoms with Crippen LogP contribution >= 0.6 is 0 Å². The summed E-state index contributed by atoms with van der Waals surface area (Å²) in [5, 5.41) is 18.3. The highest BCUT2D eigenvalue weighted by Crippen LogP contribution is 2.42. The van der Waals surface area contributed by atoms with E-state index in [1.54, 1.807) is 0 Å². The molecule has 28 rings (SSSR count). The quantitative estimate of drug-likeness (QED) is 0.114. The molecule has 0 aliphatic carbocycles. The summed E-state index contributed by atoms with van der Waals surface area (Å²) < 4.78 is 17.1. The van der Waals surface area contributed by atoms with Gasteiger partial charge >= 0.3 is 0 Å². The number of carbonyl (C=O) groups is 4. The van der Waals surface area contributed by atoms with Crippen molar-refractivity contribution in [2.75, 3.05) is 0 Å². The van der Waals surface area contributed by atoms with Crippen molar-refractivity contribution >= 4 is 176 Å². The van der Waals surface area contributed by atoms with Gasteiger partial charge in [0.1, 0.15) is 0 Å². The van der Waals surface area contributed by atoms with E-state index in [0.717, 1.165) is 154 Å². The molecule has 0 unspecified atom stereocenters. The average molecular weight is 1800 g/mol. The number of rotatable bonds is 12. The zero-order valence-electron chi connectivity index (χ0n) is 75.7. The smallest absolute Gasteiger partial charge is 0.262 e. The Morgan fingerprint density at radius 3 is 0.836 bits per heavy atom. The number of ketones is 2. The molecule has 0 bridgehead atoms. The Bertz CT molecular complexity index is 9760. The van der Waals surface area contributed by atoms with Gasteiger partial charge in [-0.2, -0.15) is 0 Å². The summed E-state index contributed by atoms with van der Waals surface area (Å²) in [4.78, 5) is 54.1. The second kappa shape index (κ2) is 34.8. The molecule has 140 heavy (non-hydrogen) atoms. The molecule has 0 N–H and O–H groups in total. The summed E-state index contributed by atoms with van der Waals surface area (Å²) in [6.07, 6.45) is 8.45. The molecule has 0 saturated carbocycles.